The fraction of sp³-hybridized carbons (Fsp3) is 0.556. The van der Waals surface area contributed by atoms with Gasteiger partial charge >= 0.3 is 0 Å². The van der Waals surface area contributed by atoms with E-state index < -0.39 is 0 Å². The number of aryl methyl sites for hydroxylation is 1. The second-order valence-corrected chi connectivity index (χ2v) is 9.58. The van der Waals surface area contributed by atoms with Crippen molar-refractivity contribution < 1.29 is 9.53 Å². The van der Waals surface area contributed by atoms with Crippen LogP contribution in [0.4, 0.5) is 0 Å². The van der Waals surface area contributed by atoms with E-state index in [9.17, 15) is 4.79 Å². The van der Waals surface area contributed by atoms with Gasteiger partial charge < -0.3 is 15.0 Å². The number of rotatable bonds is 8. The van der Waals surface area contributed by atoms with Crippen LogP contribution in [0.3, 0.4) is 0 Å². The lowest BCUT2D eigenvalue weighted by atomic mass is 9.87. The van der Waals surface area contributed by atoms with Crippen LogP contribution in [0.2, 0.25) is 0 Å². The summed E-state index contributed by atoms with van der Waals surface area (Å²) in [7, 11) is 0. The van der Waals surface area contributed by atoms with E-state index in [1.807, 2.05) is 19.1 Å². The second kappa shape index (κ2) is 11.5. The van der Waals surface area contributed by atoms with Crippen molar-refractivity contribution in [3.8, 4) is 5.75 Å². The van der Waals surface area contributed by atoms with Crippen molar-refractivity contribution in [3.05, 3.63) is 59.9 Å². The Labute approximate surface area is 192 Å². The fourth-order valence-electron chi connectivity index (χ4n) is 5.05. The monoisotopic (exact) mass is 435 g/mol. The number of nitrogens with one attached hydrogen (secondary N) is 1. The van der Waals surface area contributed by atoms with Crippen LogP contribution >= 0.6 is 0 Å². The summed E-state index contributed by atoms with van der Waals surface area (Å²) in [4.78, 5) is 19.9. The largest absolute Gasteiger partial charge is 0.492 e. The SMILES string of the molecule is Cc1ccc(OC[C@H]2C[C@@H](C(=O)NC3CCCCC3)CN(CCc3ccccc3)C2)cn1. The Morgan fingerprint density at radius 3 is 2.66 bits per heavy atom. The van der Waals surface area contributed by atoms with Crippen LogP contribution in [-0.2, 0) is 11.2 Å². The Balaban J connectivity index is 1.36. The van der Waals surface area contributed by atoms with E-state index in [4.69, 9.17) is 4.74 Å². The number of pyridine rings is 1. The summed E-state index contributed by atoms with van der Waals surface area (Å²) in [5.41, 5.74) is 2.33. The molecule has 2 heterocycles. The summed E-state index contributed by atoms with van der Waals surface area (Å²) in [6.07, 6.45) is 9.72. The molecule has 2 atom stereocenters. The summed E-state index contributed by atoms with van der Waals surface area (Å²) in [5, 5.41) is 3.37. The zero-order valence-corrected chi connectivity index (χ0v) is 19.3. The standard InChI is InChI=1S/C27H37N3O2/c1-21-12-13-26(17-28-21)32-20-23-16-24(27(31)29-25-10-6-3-7-11-25)19-30(18-23)15-14-22-8-4-2-5-9-22/h2,4-5,8-9,12-13,17,23-25H,3,6-7,10-11,14-16,18-20H2,1H3,(H,29,31)/t23-,24+/m0/s1. The van der Waals surface area contributed by atoms with Gasteiger partial charge in [0.05, 0.1) is 18.7 Å². The molecular formula is C27H37N3O2. The number of nitrogens with zero attached hydrogens (tertiary/aromatic N) is 2. The Kier molecular flexibility index (Phi) is 8.16. The Hall–Kier alpha value is -2.40. The van der Waals surface area contributed by atoms with Gasteiger partial charge in [-0.1, -0.05) is 49.6 Å². The molecule has 1 aromatic carbocycles. The predicted molar refractivity (Wildman–Crippen MR) is 128 cm³/mol. The molecule has 1 amide bonds. The maximum absolute atomic E-state index is 13.2. The van der Waals surface area contributed by atoms with Crippen LogP contribution < -0.4 is 10.1 Å². The number of hydrogen-bond donors (Lipinski definition) is 1. The van der Waals surface area contributed by atoms with Crippen LogP contribution in [0, 0.1) is 18.8 Å². The lowest BCUT2D eigenvalue weighted by Gasteiger charge is -2.38. The lowest BCUT2D eigenvalue weighted by molar-refractivity contribution is -0.128. The first-order chi connectivity index (χ1) is 15.7. The summed E-state index contributed by atoms with van der Waals surface area (Å²) in [6, 6.07) is 14.9. The molecule has 2 aliphatic rings. The van der Waals surface area contributed by atoms with Gasteiger partial charge in [-0.05, 0) is 50.3 Å². The van der Waals surface area contributed by atoms with Gasteiger partial charge in [0.1, 0.15) is 5.75 Å². The van der Waals surface area contributed by atoms with Crippen molar-refractivity contribution in [3.63, 3.8) is 0 Å². The zero-order chi connectivity index (χ0) is 22.2. The second-order valence-electron chi connectivity index (χ2n) is 9.58. The molecule has 172 valence electrons. The van der Waals surface area contributed by atoms with E-state index in [2.05, 4.69) is 45.5 Å². The van der Waals surface area contributed by atoms with Crippen LogP contribution in [0.15, 0.2) is 48.7 Å². The minimum atomic E-state index is 0.0335. The van der Waals surface area contributed by atoms with E-state index in [0.29, 0.717) is 18.6 Å². The highest BCUT2D eigenvalue weighted by Crippen LogP contribution is 2.25. The number of carbonyl (C=O) groups excluding carboxylic acids is 1. The Morgan fingerprint density at radius 1 is 1.09 bits per heavy atom. The maximum Gasteiger partial charge on any atom is 0.224 e. The first kappa shape index (κ1) is 22.8. The summed E-state index contributed by atoms with van der Waals surface area (Å²) >= 11 is 0. The molecule has 1 aliphatic heterocycles. The average molecular weight is 436 g/mol. The molecule has 5 nitrogen and oxygen atoms in total. The molecule has 2 fully saturated rings. The summed E-state index contributed by atoms with van der Waals surface area (Å²) in [6.45, 7) is 5.39. The number of carbonyl (C=O) groups is 1. The number of likely N-dealkylation sites (tertiary alicyclic amines) is 1. The lowest BCUT2D eigenvalue weighted by Crippen LogP contribution is -2.50. The number of hydrogen-bond acceptors (Lipinski definition) is 4. The quantitative estimate of drug-likeness (QED) is 0.668. The van der Waals surface area contributed by atoms with Crippen molar-refractivity contribution in [2.75, 3.05) is 26.2 Å². The minimum Gasteiger partial charge on any atom is -0.492 e. The van der Waals surface area contributed by atoms with Crippen molar-refractivity contribution in [2.45, 2.75) is 57.9 Å². The third-order valence-electron chi connectivity index (χ3n) is 6.86. The predicted octanol–water partition coefficient (Wildman–Crippen LogP) is 4.40. The highest BCUT2D eigenvalue weighted by atomic mass is 16.5. The molecule has 1 saturated carbocycles. The normalized spacial score (nSPS) is 22.4. The Bertz CT molecular complexity index is 834. The molecule has 0 spiro atoms. The third kappa shape index (κ3) is 6.80. The fourth-order valence-corrected chi connectivity index (χ4v) is 5.05. The van der Waals surface area contributed by atoms with Crippen molar-refractivity contribution in [2.24, 2.45) is 11.8 Å². The van der Waals surface area contributed by atoms with Crippen molar-refractivity contribution >= 4 is 5.91 Å². The number of aromatic nitrogens is 1. The van der Waals surface area contributed by atoms with Gasteiger partial charge in [0.2, 0.25) is 5.91 Å². The van der Waals surface area contributed by atoms with Crippen molar-refractivity contribution in [1.82, 2.24) is 15.2 Å². The Morgan fingerprint density at radius 2 is 1.91 bits per heavy atom. The van der Waals surface area contributed by atoms with E-state index in [1.165, 1.54) is 24.8 Å². The first-order valence-corrected chi connectivity index (χ1v) is 12.3. The van der Waals surface area contributed by atoms with Gasteiger partial charge in [0.25, 0.3) is 0 Å². The molecule has 4 rings (SSSR count). The molecule has 1 saturated heterocycles. The summed E-state index contributed by atoms with van der Waals surface area (Å²) < 4.78 is 6.07. The molecule has 0 unspecified atom stereocenters. The van der Waals surface area contributed by atoms with Gasteiger partial charge in [0.15, 0.2) is 0 Å². The van der Waals surface area contributed by atoms with Crippen molar-refractivity contribution in [1.29, 1.82) is 0 Å². The minimum absolute atomic E-state index is 0.0335. The van der Waals surface area contributed by atoms with Gasteiger partial charge in [-0.25, -0.2) is 0 Å². The van der Waals surface area contributed by atoms with Gasteiger partial charge in [0, 0.05) is 37.3 Å². The highest BCUT2D eigenvalue weighted by Gasteiger charge is 2.33. The van der Waals surface area contributed by atoms with E-state index in [0.717, 1.165) is 56.8 Å². The number of piperidine rings is 1. The van der Waals surface area contributed by atoms with Crippen LogP contribution in [0.5, 0.6) is 5.75 Å². The molecular weight excluding hydrogens is 398 g/mol. The number of benzene rings is 1. The number of amides is 1. The smallest absolute Gasteiger partial charge is 0.224 e. The highest BCUT2D eigenvalue weighted by molar-refractivity contribution is 5.79. The van der Waals surface area contributed by atoms with Crippen LogP contribution in [0.25, 0.3) is 0 Å². The zero-order valence-electron chi connectivity index (χ0n) is 19.3. The van der Waals surface area contributed by atoms with Crippen LogP contribution in [-0.4, -0.2) is 48.1 Å². The van der Waals surface area contributed by atoms with Gasteiger partial charge in [-0.15, -0.1) is 0 Å². The molecule has 2 aromatic rings. The van der Waals surface area contributed by atoms with E-state index >= 15 is 0 Å². The van der Waals surface area contributed by atoms with Crippen LogP contribution in [0.1, 0.15) is 49.8 Å². The molecule has 5 heteroatoms. The first-order valence-electron chi connectivity index (χ1n) is 12.3. The molecule has 0 radical (unpaired) electrons. The topological polar surface area (TPSA) is 54.5 Å². The van der Waals surface area contributed by atoms with E-state index in [-0.39, 0.29) is 11.8 Å². The summed E-state index contributed by atoms with van der Waals surface area (Å²) in [5.74, 6) is 1.41. The average Bonchev–Trinajstić information content (AvgIpc) is 2.83. The number of ether oxygens (including phenoxy) is 1. The van der Waals surface area contributed by atoms with Gasteiger partial charge in [-0.2, -0.15) is 0 Å². The maximum atomic E-state index is 13.2. The van der Waals surface area contributed by atoms with Gasteiger partial charge in [-0.3, -0.25) is 9.78 Å². The molecule has 1 aromatic heterocycles. The third-order valence-corrected chi connectivity index (χ3v) is 6.86. The molecule has 1 N–H and O–H groups in total. The molecule has 32 heavy (non-hydrogen) atoms. The molecule has 0 bridgehead atoms. The van der Waals surface area contributed by atoms with E-state index in [1.54, 1.807) is 6.20 Å². The molecule has 1 aliphatic carbocycles.